The van der Waals surface area contributed by atoms with E-state index >= 15 is 0 Å². The summed E-state index contributed by atoms with van der Waals surface area (Å²) >= 11 is 0. The van der Waals surface area contributed by atoms with E-state index in [2.05, 4.69) is 10.6 Å². The Kier molecular flexibility index (Phi) is 7.15. The Labute approximate surface area is 222 Å². The minimum Gasteiger partial charge on any atom is -0.497 e. The lowest BCUT2D eigenvalue weighted by molar-refractivity contribution is -0.145. The van der Waals surface area contributed by atoms with Crippen LogP contribution in [0.4, 0.5) is 5.69 Å². The maximum atomic E-state index is 14.1. The Morgan fingerprint density at radius 3 is 2.47 bits per heavy atom. The van der Waals surface area contributed by atoms with Gasteiger partial charge in [-0.15, -0.1) is 0 Å². The molecule has 3 N–H and O–H groups in total. The summed E-state index contributed by atoms with van der Waals surface area (Å²) < 4.78 is 11.7. The van der Waals surface area contributed by atoms with Crippen LogP contribution >= 0.6 is 0 Å². The lowest BCUT2D eigenvalue weighted by Gasteiger charge is -2.38. The van der Waals surface area contributed by atoms with Crippen LogP contribution in [0.15, 0.2) is 54.6 Å². The number of carbonyl (C=O) groups is 3. The Hall–Kier alpha value is -3.43. The third-order valence-corrected chi connectivity index (χ3v) is 8.27. The van der Waals surface area contributed by atoms with Gasteiger partial charge in [-0.2, -0.15) is 0 Å². The van der Waals surface area contributed by atoms with E-state index in [-0.39, 0.29) is 24.3 Å². The van der Waals surface area contributed by atoms with E-state index in [4.69, 9.17) is 9.47 Å². The number of benzene rings is 2. The van der Waals surface area contributed by atoms with Gasteiger partial charge in [-0.25, -0.2) is 0 Å². The van der Waals surface area contributed by atoms with E-state index < -0.39 is 41.5 Å². The minimum atomic E-state index is -1.13. The summed E-state index contributed by atoms with van der Waals surface area (Å²) in [6.45, 7) is 3.85. The van der Waals surface area contributed by atoms with Crippen LogP contribution in [0.1, 0.15) is 32.3 Å². The first-order valence-electron chi connectivity index (χ1n) is 13.2. The highest BCUT2D eigenvalue weighted by atomic mass is 16.5. The van der Waals surface area contributed by atoms with Gasteiger partial charge in [0, 0.05) is 12.2 Å². The molecule has 9 heteroatoms. The van der Waals surface area contributed by atoms with E-state index in [1.165, 1.54) is 4.90 Å². The molecule has 3 aliphatic heterocycles. The van der Waals surface area contributed by atoms with Crippen molar-refractivity contribution >= 4 is 23.4 Å². The van der Waals surface area contributed by atoms with Crippen LogP contribution in [0.3, 0.4) is 0 Å². The highest BCUT2D eigenvalue weighted by molar-refractivity contribution is 6.03. The summed E-state index contributed by atoms with van der Waals surface area (Å²) in [6, 6.07) is 14.9. The summed E-state index contributed by atoms with van der Waals surface area (Å²) in [7, 11) is 1.57. The highest BCUT2D eigenvalue weighted by Gasteiger charge is 2.75. The summed E-state index contributed by atoms with van der Waals surface area (Å²) in [5.74, 6) is -1.91. The van der Waals surface area contributed by atoms with E-state index in [0.29, 0.717) is 30.8 Å². The Morgan fingerprint density at radius 1 is 1.13 bits per heavy atom. The summed E-state index contributed by atoms with van der Waals surface area (Å²) in [6.07, 6.45) is 0.632. The Morgan fingerprint density at radius 2 is 1.84 bits per heavy atom. The number of hydrogen-bond donors (Lipinski definition) is 3. The molecule has 0 aliphatic carbocycles. The molecule has 9 nitrogen and oxygen atoms in total. The van der Waals surface area contributed by atoms with Crippen molar-refractivity contribution in [2.45, 2.75) is 57.0 Å². The van der Waals surface area contributed by atoms with E-state index in [0.717, 1.165) is 5.56 Å². The molecule has 2 aromatic carbocycles. The van der Waals surface area contributed by atoms with Gasteiger partial charge in [-0.05, 0) is 48.6 Å². The number of aliphatic hydroxyl groups is 1. The molecule has 3 heterocycles. The number of amides is 3. The number of hydrogen-bond acceptors (Lipinski definition) is 6. The second kappa shape index (κ2) is 10.4. The number of rotatable bonds is 9. The van der Waals surface area contributed by atoms with Crippen LogP contribution in [0.5, 0.6) is 5.75 Å². The van der Waals surface area contributed by atoms with Crippen molar-refractivity contribution in [3.8, 4) is 5.75 Å². The van der Waals surface area contributed by atoms with Gasteiger partial charge < -0.3 is 30.1 Å². The maximum Gasteiger partial charge on any atom is 0.250 e. The number of nitrogens with zero attached hydrogens (tertiary/aromatic N) is 1. The van der Waals surface area contributed by atoms with E-state index in [1.807, 2.05) is 44.2 Å². The van der Waals surface area contributed by atoms with Gasteiger partial charge in [-0.3, -0.25) is 14.4 Å². The predicted molar refractivity (Wildman–Crippen MR) is 140 cm³/mol. The number of ether oxygens (including phenoxy) is 2. The van der Waals surface area contributed by atoms with Crippen molar-refractivity contribution in [2.75, 3.05) is 19.0 Å². The summed E-state index contributed by atoms with van der Waals surface area (Å²) in [5, 5.41) is 16.2. The third kappa shape index (κ3) is 4.33. The molecule has 0 saturated carbocycles. The Balaban J connectivity index is 1.45. The molecule has 38 heavy (non-hydrogen) atoms. The van der Waals surface area contributed by atoms with Gasteiger partial charge in [0.2, 0.25) is 17.7 Å². The number of anilines is 1. The first kappa shape index (κ1) is 26.2. The molecule has 2 aromatic rings. The molecule has 5 rings (SSSR count). The predicted octanol–water partition coefficient (Wildman–Crippen LogP) is 2.34. The van der Waals surface area contributed by atoms with Crippen molar-refractivity contribution in [1.29, 1.82) is 0 Å². The van der Waals surface area contributed by atoms with Crippen LogP contribution < -0.4 is 15.4 Å². The van der Waals surface area contributed by atoms with Crippen LogP contribution in [0, 0.1) is 17.8 Å². The number of methoxy groups -OCH3 is 1. The topological polar surface area (TPSA) is 117 Å². The highest BCUT2D eigenvalue weighted by Crippen LogP contribution is 2.59. The van der Waals surface area contributed by atoms with Gasteiger partial charge in [0.1, 0.15) is 17.4 Å². The number of aliphatic hydroxyl groups excluding tert-OH is 1. The van der Waals surface area contributed by atoms with Gasteiger partial charge in [-0.1, -0.05) is 44.2 Å². The standard InChI is InChI=1S/C29H35N3O6/c1-17(2)21(16-33)32-25(27(35)31-19-9-11-20(37-3)12-10-19)29-14-13-22(38-29)23(24(29)28(32)36)26(34)30-15-18-7-5-4-6-8-18/h4-12,17,21-25,33H,13-16H2,1-3H3,(H,30,34)(H,31,35)/t21-,22-,23+,24-,25?,29?/m0/s1. The largest absolute Gasteiger partial charge is 0.497 e. The third-order valence-electron chi connectivity index (χ3n) is 8.27. The van der Waals surface area contributed by atoms with Crippen LogP contribution in [0.2, 0.25) is 0 Å². The molecule has 0 radical (unpaired) electrons. The molecule has 1 spiro atoms. The molecule has 6 atom stereocenters. The molecule has 3 amide bonds. The zero-order chi connectivity index (χ0) is 27.0. The van der Waals surface area contributed by atoms with Crippen molar-refractivity contribution < 1.29 is 29.0 Å². The number of fused-ring (bicyclic) bond motifs is 1. The lowest BCUT2D eigenvalue weighted by atomic mass is 9.70. The molecular formula is C29H35N3O6. The van der Waals surface area contributed by atoms with Crippen LogP contribution in [0.25, 0.3) is 0 Å². The second-order valence-corrected chi connectivity index (χ2v) is 10.7. The van der Waals surface area contributed by atoms with E-state index in [9.17, 15) is 19.5 Å². The molecule has 2 unspecified atom stereocenters. The monoisotopic (exact) mass is 521 g/mol. The van der Waals surface area contributed by atoms with Gasteiger partial charge in [0.15, 0.2) is 0 Å². The van der Waals surface area contributed by atoms with Crippen LogP contribution in [-0.2, 0) is 25.7 Å². The SMILES string of the molecule is COc1ccc(NC(=O)C2N([C@@H](CO)C(C)C)C(=O)[C@@H]3[C@H](C(=O)NCc4ccccc4)[C@@H]4CCC23O4)cc1. The second-order valence-electron chi connectivity index (χ2n) is 10.7. The van der Waals surface area contributed by atoms with Crippen molar-refractivity contribution in [1.82, 2.24) is 10.2 Å². The fourth-order valence-electron chi connectivity index (χ4n) is 6.46. The molecule has 3 saturated heterocycles. The number of nitrogens with one attached hydrogen (secondary N) is 2. The quantitative estimate of drug-likeness (QED) is 0.466. The smallest absolute Gasteiger partial charge is 0.250 e. The zero-order valence-corrected chi connectivity index (χ0v) is 21.9. The molecule has 2 bridgehead atoms. The fraction of sp³-hybridized carbons (Fsp3) is 0.483. The normalized spacial score (nSPS) is 28.3. The number of likely N-dealkylation sites (tertiary alicyclic amines) is 1. The van der Waals surface area contributed by atoms with Gasteiger partial charge in [0.25, 0.3) is 0 Å². The summed E-state index contributed by atoms with van der Waals surface area (Å²) in [4.78, 5) is 42.9. The van der Waals surface area contributed by atoms with E-state index in [1.54, 1.807) is 31.4 Å². The van der Waals surface area contributed by atoms with Crippen LogP contribution in [-0.4, -0.2) is 65.2 Å². The van der Waals surface area contributed by atoms with Gasteiger partial charge in [0.05, 0.1) is 37.7 Å². The average molecular weight is 522 g/mol. The maximum absolute atomic E-state index is 14.1. The molecule has 0 aromatic heterocycles. The molecule has 202 valence electrons. The van der Waals surface area contributed by atoms with Crippen molar-refractivity contribution in [3.05, 3.63) is 60.2 Å². The molecule has 3 aliphatic rings. The number of carbonyl (C=O) groups excluding carboxylic acids is 3. The zero-order valence-electron chi connectivity index (χ0n) is 21.9. The van der Waals surface area contributed by atoms with Crippen molar-refractivity contribution in [3.63, 3.8) is 0 Å². The average Bonchev–Trinajstić information content (AvgIpc) is 3.56. The molecular weight excluding hydrogens is 486 g/mol. The fourth-order valence-corrected chi connectivity index (χ4v) is 6.46. The first-order chi connectivity index (χ1) is 18.3. The van der Waals surface area contributed by atoms with Crippen molar-refractivity contribution in [2.24, 2.45) is 17.8 Å². The van der Waals surface area contributed by atoms with Gasteiger partial charge >= 0.3 is 0 Å². The minimum absolute atomic E-state index is 0.113. The molecule has 3 fully saturated rings. The Bertz CT molecular complexity index is 1190. The lowest BCUT2D eigenvalue weighted by Crippen LogP contribution is -2.57. The summed E-state index contributed by atoms with van der Waals surface area (Å²) in [5.41, 5.74) is 0.379. The first-order valence-corrected chi connectivity index (χ1v) is 13.2.